The molecule has 1 aromatic rings. The third-order valence-electron chi connectivity index (χ3n) is 3.12. The first-order valence-electron chi connectivity index (χ1n) is 5.83. The molecule has 92 valence electrons. The van der Waals surface area contributed by atoms with Gasteiger partial charge in [0.1, 0.15) is 5.82 Å². The molecule has 0 aliphatic carbocycles. The standard InChI is InChI=1S/C13H15ClFNO/c1-9-4-3-7-16(8-9)13(17)12-10(14)5-2-6-11(12)15/h2,5-6,9H,3-4,7-8H2,1H3/t9-/m0/s1. The lowest BCUT2D eigenvalue weighted by molar-refractivity contribution is 0.0678. The topological polar surface area (TPSA) is 20.3 Å². The van der Waals surface area contributed by atoms with Crippen molar-refractivity contribution in [1.29, 1.82) is 0 Å². The zero-order valence-corrected chi connectivity index (χ0v) is 10.5. The van der Waals surface area contributed by atoms with E-state index in [1.807, 2.05) is 0 Å². The number of benzene rings is 1. The quantitative estimate of drug-likeness (QED) is 0.754. The van der Waals surface area contributed by atoms with E-state index in [0.29, 0.717) is 19.0 Å². The third kappa shape index (κ3) is 2.60. The van der Waals surface area contributed by atoms with Crippen molar-refractivity contribution >= 4 is 17.5 Å². The Labute approximate surface area is 105 Å². The van der Waals surface area contributed by atoms with Gasteiger partial charge in [0.15, 0.2) is 0 Å². The highest BCUT2D eigenvalue weighted by Gasteiger charge is 2.25. The van der Waals surface area contributed by atoms with Crippen molar-refractivity contribution in [3.8, 4) is 0 Å². The van der Waals surface area contributed by atoms with Crippen LogP contribution in [0.15, 0.2) is 18.2 Å². The second-order valence-corrected chi connectivity index (χ2v) is 5.00. The Morgan fingerprint density at radius 2 is 2.29 bits per heavy atom. The Morgan fingerprint density at radius 3 is 2.94 bits per heavy atom. The summed E-state index contributed by atoms with van der Waals surface area (Å²) in [5, 5.41) is 0.188. The summed E-state index contributed by atoms with van der Waals surface area (Å²) in [6, 6.07) is 4.32. The van der Waals surface area contributed by atoms with E-state index in [1.54, 1.807) is 11.0 Å². The van der Waals surface area contributed by atoms with Gasteiger partial charge in [-0.3, -0.25) is 4.79 Å². The van der Waals surface area contributed by atoms with Crippen LogP contribution in [0.5, 0.6) is 0 Å². The molecule has 17 heavy (non-hydrogen) atoms. The minimum atomic E-state index is -0.541. The Bertz CT molecular complexity index is 415. The number of hydrogen-bond acceptors (Lipinski definition) is 1. The number of halogens is 2. The zero-order valence-electron chi connectivity index (χ0n) is 9.75. The normalized spacial score (nSPS) is 20.4. The van der Waals surface area contributed by atoms with Gasteiger partial charge >= 0.3 is 0 Å². The van der Waals surface area contributed by atoms with Crippen LogP contribution in [-0.4, -0.2) is 23.9 Å². The van der Waals surface area contributed by atoms with Crippen molar-refractivity contribution in [2.24, 2.45) is 5.92 Å². The minimum Gasteiger partial charge on any atom is -0.338 e. The van der Waals surface area contributed by atoms with Gasteiger partial charge in [0.05, 0.1) is 10.6 Å². The monoisotopic (exact) mass is 255 g/mol. The first-order valence-corrected chi connectivity index (χ1v) is 6.20. The summed E-state index contributed by atoms with van der Waals surface area (Å²) < 4.78 is 13.6. The van der Waals surface area contributed by atoms with Crippen molar-refractivity contribution in [3.05, 3.63) is 34.6 Å². The molecule has 4 heteroatoms. The molecule has 1 amide bonds. The predicted octanol–water partition coefficient (Wildman–Crippen LogP) is 3.35. The van der Waals surface area contributed by atoms with Gasteiger partial charge in [-0.2, -0.15) is 0 Å². The van der Waals surface area contributed by atoms with Crippen LogP contribution in [0.1, 0.15) is 30.1 Å². The molecule has 1 heterocycles. The summed E-state index contributed by atoms with van der Waals surface area (Å²) in [6.45, 7) is 3.47. The Hall–Kier alpha value is -1.09. The average Bonchev–Trinajstić information content (AvgIpc) is 2.28. The third-order valence-corrected chi connectivity index (χ3v) is 3.44. The molecule has 0 aromatic heterocycles. The highest BCUT2D eigenvalue weighted by atomic mass is 35.5. The fraction of sp³-hybridized carbons (Fsp3) is 0.462. The van der Waals surface area contributed by atoms with Gasteiger partial charge in [0, 0.05) is 13.1 Å². The summed E-state index contributed by atoms with van der Waals surface area (Å²) in [6.07, 6.45) is 2.09. The largest absolute Gasteiger partial charge is 0.338 e. The van der Waals surface area contributed by atoms with Crippen molar-refractivity contribution < 1.29 is 9.18 Å². The first-order chi connectivity index (χ1) is 8.09. The summed E-state index contributed by atoms with van der Waals surface area (Å²) in [4.78, 5) is 13.9. The molecule has 0 N–H and O–H groups in total. The predicted molar refractivity (Wildman–Crippen MR) is 65.7 cm³/mol. The molecular formula is C13H15ClFNO. The average molecular weight is 256 g/mol. The number of rotatable bonds is 1. The van der Waals surface area contributed by atoms with Crippen LogP contribution in [0.2, 0.25) is 5.02 Å². The molecular weight excluding hydrogens is 241 g/mol. The molecule has 0 spiro atoms. The Balaban J connectivity index is 2.24. The molecule has 1 aromatic carbocycles. The van der Waals surface area contributed by atoms with E-state index in [2.05, 4.69) is 6.92 Å². The van der Waals surface area contributed by atoms with E-state index in [0.717, 1.165) is 12.8 Å². The molecule has 0 radical (unpaired) electrons. The lowest BCUT2D eigenvalue weighted by atomic mass is 9.99. The number of likely N-dealkylation sites (tertiary alicyclic amines) is 1. The maximum absolute atomic E-state index is 13.6. The van der Waals surface area contributed by atoms with Crippen LogP contribution in [-0.2, 0) is 0 Å². The molecule has 1 saturated heterocycles. The smallest absolute Gasteiger partial charge is 0.258 e. The van der Waals surface area contributed by atoms with E-state index in [-0.39, 0.29) is 16.5 Å². The first kappa shape index (κ1) is 12.4. The lowest BCUT2D eigenvalue weighted by Crippen LogP contribution is -2.39. The van der Waals surface area contributed by atoms with Gasteiger partial charge in [-0.1, -0.05) is 24.6 Å². The highest BCUT2D eigenvalue weighted by molar-refractivity contribution is 6.33. The van der Waals surface area contributed by atoms with Crippen LogP contribution in [0.4, 0.5) is 4.39 Å². The molecule has 2 rings (SSSR count). The summed E-state index contributed by atoms with van der Waals surface area (Å²) in [5.74, 6) is -0.362. The van der Waals surface area contributed by atoms with Gasteiger partial charge in [-0.25, -0.2) is 4.39 Å². The molecule has 0 saturated carbocycles. The van der Waals surface area contributed by atoms with Gasteiger partial charge in [-0.05, 0) is 30.9 Å². The van der Waals surface area contributed by atoms with E-state index >= 15 is 0 Å². The number of nitrogens with zero attached hydrogens (tertiary/aromatic N) is 1. The highest BCUT2D eigenvalue weighted by Crippen LogP contribution is 2.23. The fourth-order valence-corrected chi connectivity index (χ4v) is 2.48. The summed E-state index contributed by atoms with van der Waals surface area (Å²) in [5.41, 5.74) is 0.00302. The number of piperidine rings is 1. The zero-order chi connectivity index (χ0) is 12.4. The molecule has 1 aliphatic heterocycles. The molecule has 1 aliphatic rings. The maximum Gasteiger partial charge on any atom is 0.258 e. The second-order valence-electron chi connectivity index (χ2n) is 4.60. The van der Waals surface area contributed by atoms with Crippen LogP contribution < -0.4 is 0 Å². The number of carbonyl (C=O) groups is 1. The van der Waals surface area contributed by atoms with E-state index in [9.17, 15) is 9.18 Å². The van der Waals surface area contributed by atoms with Crippen LogP contribution in [0, 0.1) is 11.7 Å². The van der Waals surface area contributed by atoms with Crippen LogP contribution in [0.25, 0.3) is 0 Å². The second kappa shape index (κ2) is 5.05. The number of carbonyl (C=O) groups excluding carboxylic acids is 1. The lowest BCUT2D eigenvalue weighted by Gasteiger charge is -2.31. The number of hydrogen-bond donors (Lipinski definition) is 0. The Kier molecular flexibility index (Phi) is 3.67. The number of amides is 1. The SMILES string of the molecule is C[C@H]1CCCN(C(=O)c2c(F)cccc2Cl)C1. The summed E-state index contributed by atoms with van der Waals surface area (Å²) >= 11 is 5.89. The molecule has 0 unspecified atom stereocenters. The van der Waals surface area contributed by atoms with Gasteiger partial charge in [0.25, 0.3) is 5.91 Å². The summed E-state index contributed by atoms with van der Waals surface area (Å²) in [7, 11) is 0. The van der Waals surface area contributed by atoms with Gasteiger partial charge in [-0.15, -0.1) is 0 Å². The molecule has 1 atom stereocenters. The molecule has 2 nitrogen and oxygen atoms in total. The Morgan fingerprint density at radius 1 is 1.53 bits per heavy atom. The van der Waals surface area contributed by atoms with E-state index in [1.165, 1.54) is 12.1 Å². The minimum absolute atomic E-state index is 0.00302. The van der Waals surface area contributed by atoms with Crippen LogP contribution in [0.3, 0.4) is 0 Å². The van der Waals surface area contributed by atoms with Crippen molar-refractivity contribution in [1.82, 2.24) is 4.90 Å². The van der Waals surface area contributed by atoms with Crippen molar-refractivity contribution in [3.63, 3.8) is 0 Å². The van der Waals surface area contributed by atoms with Crippen LogP contribution >= 0.6 is 11.6 Å². The molecule has 0 bridgehead atoms. The fourth-order valence-electron chi connectivity index (χ4n) is 2.23. The van der Waals surface area contributed by atoms with Crippen molar-refractivity contribution in [2.45, 2.75) is 19.8 Å². The molecule has 1 fully saturated rings. The van der Waals surface area contributed by atoms with Gasteiger partial charge < -0.3 is 4.90 Å². The van der Waals surface area contributed by atoms with Crippen molar-refractivity contribution in [2.75, 3.05) is 13.1 Å². The van der Waals surface area contributed by atoms with E-state index < -0.39 is 5.82 Å². The maximum atomic E-state index is 13.6. The van der Waals surface area contributed by atoms with E-state index in [4.69, 9.17) is 11.6 Å². The van der Waals surface area contributed by atoms with Gasteiger partial charge in [0.2, 0.25) is 0 Å².